The average molecular weight is 373 g/mol. The van der Waals surface area contributed by atoms with E-state index in [1.165, 1.54) is 24.3 Å². The predicted molar refractivity (Wildman–Crippen MR) is 96.5 cm³/mol. The van der Waals surface area contributed by atoms with Crippen LogP contribution in [0.4, 0.5) is 5.69 Å². The van der Waals surface area contributed by atoms with Gasteiger partial charge < -0.3 is 9.47 Å². The van der Waals surface area contributed by atoms with Crippen LogP contribution in [0.25, 0.3) is 0 Å². The van der Waals surface area contributed by atoms with Gasteiger partial charge in [-0.05, 0) is 31.2 Å². The van der Waals surface area contributed by atoms with Crippen LogP contribution < -0.4 is 15.6 Å². The van der Waals surface area contributed by atoms with Gasteiger partial charge in [-0.2, -0.15) is 0 Å². The van der Waals surface area contributed by atoms with E-state index < -0.39 is 16.7 Å². The number of para-hydroxylation sites is 1. The van der Waals surface area contributed by atoms with E-state index in [4.69, 9.17) is 9.47 Å². The second kappa shape index (κ2) is 9.88. The van der Waals surface area contributed by atoms with Crippen LogP contribution in [0.2, 0.25) is 0 Å². The van der Waals surface area contributed by atoms with E-state index in [1.54, 1.807) is 24.3 Å². The van der Waals surface area contributed by atoms with Gasteiger partial charge in [0.2, 0.25) is 0 Å². The summed E-state index contributed by atoms with van der Waals surface area (Å²) in [4.78, 5) is 34.4. The molecule has 2 aromatic carbocycles. The van der Waals surface area contributed by atoms with Crippen molar-refractivity contribution in [2.24, 2.45) is 0 Å². The number of nitro benzene ring substituents is 1. The quantitative estimate of drug-likeness (QED) is 0.415. The molecule has 0 aliphatic carbocycles. The van der Waals surface area contributed by atoms with Gasteiger partial charge in [0, 0.05) is 24.3 Å². The zero-order chi connectivity index (χ0) is 19.6. The van der Waals surface area contributed by atoms with Crippen LogP contribution in [0.5, 0.6) is 5.75 Å². The van der Waals surface area contributed by atoms with Crippen molar-refractivity contribution in [1.29, 1.82) is 0 Å². The summed E-state index contributed by atoms with van der Waals surface area (Å²) in [6.45, 7) is 3.12. The molecule has 0 saturated carbocycles. The van der Waals surface area contributed by atoms with Crippen molar-refractivity contribution >= 4 is 17.5 Å². The molecule has 0 heterocycles. The molecule has 0 aromatic heterocycles. The third-order valence-electron chi connectivity index (χ3n) is 3.45. The van der Waals surface area contributed by atoms with Crippen molar-refractivity contribution in [3.05, 3.63) is 69.8 Å². The lowest BCUT2D eigenvalue weighted by Gasteiger charge is -2.12. The Morgan fingerprint density at radius 3 is 2.33 bits per heavy atom. The van der Waals surface area contributed by atoms with Crippen LogP contribution in [0.1, 0.15) is 27.6 Å². The van der Waals surface area contributed by atoms with E-state index in [-0.39, 0.29) is 23.4 Å². The van der Waals surface area contributed by atoms with Crippen LogP contribution in [-0.4, -0.2) is 36.6 Å². The lowest BCUT2D eigenvalue weighted by Crippen LogP contribution is -2.41. The molecule has 9 heteroatoms. The number of nitro groups is 1. The van der Waals surface area contributed by atoms with E-state index in [2.05, 4.69) is 10.9 Å². The van der Waals surface area contributed by atoms with Gasteiger partial charge in [0.05, 0.1) is 17.1 Å². The molecule has 0 fully saturated rings. The summed E-state index contributed by atoms with van der Waals surface area (Å²) in [5.74, 6) is -0.801. The maximum atomic E-state index is 12.3. The van der Waals surface area contributed by atoms with Crippen molar-refractivity contribution in [2.75, 3.05) is 19.8 Å². The number of hydrogen-bond acceptors (Lipinski definition) is 6. The number of nitrogens with zero attached hydrogens (tertiary/aromatic N) is 1. The van der Waals surface area contributed by atoms with Gasteiger partial charge in [0.25, 0.3) is 17.5 Å². The fraction of sp³-hybridized carbons (Fsp3) is 0.222. The Morgan fingerprint density at radius 2 is 1.67 bits per heavy atom. The molecular formula is C18H19N3O6. The first-order valence-electron chi connectivity index (χ1n) is 8.17. The lowest BCUT2D eigenvalue weighted by molar-refractivity contribution is -0.384. The van der Waals surface area contributed by atoms with Gasteiger partial charge in [-0.25, -0.2) is 0 Å². The van der Waals surface area contributed by atoms with E-state index in [0.29, 0.717) is 19.0 Å². The summed E-state index contributed by atoms with van der Waals surface area (Å²) >= 11 is 0. The Hall–Kier alpha value is -3.46. The predicted octanol–water partition coefficient (Wildman–Crippen LogP) is 2.08. The smallest absolute Gasteiger partial charge is 0.273 e. The van der Waals surface area contributed by atoms with E-state index >= 15 is 0 Å². The third-order valence-corrected chi connectivity index (χ3v) is 3.45. The molecule has 2 amide bonds. The molecule has 0 spiro atoms. The zero-order valence-corrected chi connectivity index (χ0v) is 14.6. The third kappa shape index (κ3) is 5.79. The molecule has 2 aromatic rings. The van der Waals surface area contributed by atoms with Crippen LogP contribution in [0, 0.1) is 10.1 Å². The number of benzene rings is 2. The van der Waals surface area contributed by atoms with Crippen molar-refractivity contribution in [3.63, 3.8) is 0 Å². The molecule has 27 heavy (non-hydrogen) atoms. The number of hydrazine groups is 1. The summed E-state index contributed by atoms with van der Waals surface area (Å²) in [6, 6.07) is 11.6. The van der Waals surface area contributed by atoms with Crippen molar-refractivity contribution in [3.8, 4) is 5.75 Å². The minimum Gasteiger partial charge on any atom is -0.490 e. The number of ether oxygens (including phenoxy) is 2. The van der Waals surface area contributed by atoms with Gasteiger partial charge in [-0.1, -0.05) is 12.1 Å². The fourth-order valence-electron chi connectivity index (χ4n) is 2.12. The van der Waals surface area contributed by atoms with Crippen LogP contribution in [0.15, 0.2) is 48.5 Å². The highest BCUT2D eigenvalue weighted by atomic mass is 16.6. The highest BCUT2D eigenvalue weighted by Crippen LogP contribution is 2.17. The number of rotatable bonds is 8. The van der Waals surface area contributed by atoms with Gasteiger partial charge in [0.1, 0.15) is 12.4 Å². The molecule has 2 N–H and O–H groups in total. The van der Waals surface area contributed by atoms with Gasteiger partial charge in [0.15, 0.2) is 0 Å². The van der Waals surface area contributed by atoms with Crippen molar-refractivity contribution < 1.29 is 24.0 Å². The first kappa shape index (κ1) is 19.9. The normalized spacial score (nSPS) is 10.1. The van der Waals surface area contributed by atoms with Gasteiger partial charge >= 0.3 is 0 Å². The summed E-state index contributed by atoms with van der Waals surface area (Å²) < 4.78 is 10.7. The van der Waals surface area contributed by atoms with E-state index in [9.17, 15) is 19.7 Å². The zero-order valence-electron chi connectivity index (χ0n) is 14.6. The first-order valence-corrected chi connectivity index (χ1v) is 8.17. The SMILES string of the molecule is CCOCCOc1ccccc1C(=O)NNC(=O)c1ccc([N+](=O)[O-])cc1. The minimum atomic E-state index is -0.604. The molecule has 0 radical (unpaired) electrons. The number of nitrogens with one attached hydrogen (secondary N) is 2. The molecule has 0 aliphatic rings. The number of non-ortho nitro benzene ring substituents is 1. The number of amides is 2. The maximum absolute atomic E-state index is 12.3. The number of carbonyl (C=O) groups excluding carboxylic acids is 2. The molecule has 142 valence electrons. The average Bonchev–Trinajstić information content (AvgIpc) is 2.69. The van der Waals surface area contributed by atoms with Crippen LogP contribution in [0.3, 0.4) is 0 Å². The molecule has 9 nitrogen and oxygen atoms in total. The largest absolute Gasteiger partial charge is 0.490 e. The first-order chi connectivity index (χ1) is 13.0. The summed E-state index contributed by atoms with van der Waals surface area (Å²) in [5.41, 5.74) is 4.84. The van der Waals surface area contributed by atoms with Crippen molar-refractivity contribution in [2.45, 2.75) is 6.92 Å². The Labute approximate surface area is 155 Å². The lowest BCUT2D eigenvalue weighted by atomic mass is 10.2. The second-order valence-electron chi connectivity index (χ2n) is 5.25. The fourth-order valence-corrected chi connectivity index (χ4v) is 2.12. The number of hydrogen-bond donors (Lipinski definition) is 2. The van der Waals surface area contributed by atoms with E-state index in [1.807, 2.05) is 6.92 Å². The summed E-state index contributed by atoms with van der Waals surface area (Å²) in [7, 11) is 0. The highest BCUT2D eigenvalue weighted by Gasteiger charge is 2.14. The number of carbonyl (C=O) groups is 2. The minimum absolute atomic E-state index is 0.131. The topological polar surface area (TPSA) is 120 Å². The molecule has 0 aliphatic heterocycles. The Bertz CT molecular complexity index is 807. The van der Waals surface area contributed by atoms with Gasteiger partial charge in [-0.3, -0.25) is 30.6 Å². The Morgan fingerprint density at radius 1 is 1.00 bits per heavy atom. The summed E-state index contributed by atoms with van der Waals surface area (Å²) in [6.07, 6.45) is 0. The van der Waals surface area contributed by atoms with E-state index in [0.717, 1.165) is 0 Å². The molecule has 0 atom stereocenters. The monoisotopic (exact) mass is 373 g/mol. The molecule has 2 rings (SSSR count). The maximum Gasteiger partial charge on any atom is 0.273 e. The molecule has 0 unspecified atom stereocenters. The molecule has 0 bridgehead atoms. The van der Waals surface area contributed by atoms with Crippen LogP contribution >= 0.6 is 0 Å². The van der Waals surface area contributed by atoms with Gasteiger partial charge in [-0.15, -0.1) is 0 Å². The Balaban J connectivity index is 1.95. The summed E-state index contributed by atoms with van der Waals surface area (Å²) in [5, 5.41) is 10.6. The second-order valence-corrected chi connectivity index (χ2v) is 5.25. The standard InChI is InChI=1S/C18H19N3O6/c1-2-26-11-12-27-16-6-4-3-5-15(16)18(23)20-19-17(22)13-7-9-14(10-8-13)21(24)25/h3-10H,2,11-12H2,1H3,(H,19,22)(H,20,23). The van der Waals surface area contributed by atoms with Crippen molar-refractivity contribution in [1.82, 2.24) is 10.9 Å². The highest BCUT2D eigenvalue weighted by molar-refractivity contribution is 6.00. The molecular weight excluding hydrogens is 354 g/mol. The molecule has 0 saturated heterocycles. The van der Waals surface area contributed by atoms with Crippen LogP contribution in [-0.2, 0) is 4.74 Å². The Kier molecular flexibility index (Phi) is 7.26.